The molecular formula is C18H22N2O. The van der Waals surface area contributed by atoms with E-state index in [2.05, 4.69) is 0 Å². The summed E-state index contributed by atoms with van der Waals surface area (Å²) in [6, 6.07) is 17.9. The summed E-state index contributed by atoms with van der Waals surface area (Å²) < 4.78 is 0. The largest absolute Gasteiger partial charge is 0.330 e. The molecule has 0 radical (unpaired) electrons. The highest BCUT2D eigenvalue weighted by molar-refractivity contribution is 5.94. The molecule has 0 aliphatic heterocycles. The lowest BCUT2D eigenvalue weighted by molar-refractivity contribution is -0.118. The maximum absolute atomic E-state index is 12.6. The maximum atomic E-state index is 12.6. The van der Waals surface area contributed by atoms with Gasteiger partial charge >= 0.3 is 0 Å². The third-order valence-electron chi connectivity index (χ3n) is 3.43. The minimum absolute atomic E-state index is 0.110. The average Bonchev–Trinajstić information content (AvgIpc) is 2.51. The molecule has 0 spiro atoms. The summed E-state index contributed by atoms with van der Waals surface area (Å²) in [5, 5.41) is 0. The van der Waals surface area contributed by atoms with Crippen LogP contribution < -0.4 is 10.6 Å². The molecule has 0 aliphatic rings. The maximum Gasteiger partial charge on any atom is 0.231 e. The molecule has 2 rings (SSSR count). The lowest BCUT2D eigenvalue weighted by Gasteiger charge is -2.23. The van der Waals surface area contributed by atoms with Crippen LogP contribution >= 0.6 is 0 Å². The van der Waals surface area contributed by atoms with Crippen molar-refractivity contribution in [1.29, 1.82) is 0 Å². The zero-order valence-corrected chi connectivity index (χ0v) is 12.5. The van der Waals surface area contributed by atoms with Gasteiger partial charge in [-0.25, -0.2) is 0 Å². The molecule has 0 unspecified atom stereocenters. The van der Waals surface area contributed by atoms with Crippen molar-refractivity contribution >= 4 is 11.6 Å². The molecular weight excluding hydrogens is 260 g/mol. The Balaban J connectivity index is 2.12. The number of amides is 1. The molecule has 21 heavy (non-hydrogen) atoms. The van der Waals surface area contributed by atoms with Crippen molar-refractivity contribution in [1.82, 2.24) is 0 Å². The molecule has 2 aromatic carbocycles. The van der Waals surface area contributed by atoms with Gasteiger partial charge in [0.05, 0.1) is 6.42 Å². The number of hydrogen-bond donors (Lipinski definition) is 1. The van der Waals surface area contributed by atoms with E-state index in [4.69, 9.17) is 5.73 Å². The molecule has 1 amide bonds. The van der Waals surface area contributed by atoms with Gasteiger partial charge in [0.1, 0.15) is 0 Å². The lowest BCUT2D eigenvalue weighted by Crippen LogP contribution is -2.34. The molecule has 0 atom stereocenters. The van der Waals surface area contributed by atoms with Crippen LogP contribution in [0.25, 0.3) is 0 Å². The third-order valence-corrected chi connectivity index (χ3v) is 3.43. The molecule has 0 bridgehead atoms. The zero-order chi connectivity index (χ0) is 15.1. The normalized spacial score (nSPS) is 10.4. The summed E-state index contributed by atoms with van der Waals surface area (Å²) in [7, 11) is 0. The van der Waals surface area contributed by atoms with Crippen LogP contribution in [0.5, 0.6) is 0 Å². The molecule has 2 N–H and O–H groups in total. The smallest absolute Gasteiger partial charge is 0.231 e. The first kappa shape index (κ1) is 15.3. The van der Waals surface area contributed by atoms with Crippen LogP contribution in [0.1, 0.15) is 17.5 Å². The van der Waals surface area contributed by atoms with Crippen LogP contribution in [0, 0.1) is 6.92 Å². The minimum Gasteiger partial charge on any atom is -0.330 e. The average molecular weight is 282 g/mol. The van der Waals surface area contributed by atoms with E-state index in [0.29, 0.717) is 19.5 Å². The number of anilines is 1. The molecule has 3 heteroatoms. The number of nitrogens with two attached hydrogens (primary N) is 1. The predicted octanol–water partition coefficient (Wildman–Crippen LogP) is 2.92. The Bertz CT molecular complexity index is 564. The summed E-state index contributed by atoms with van der Waals surface area (Å²) in [5.74, 6) is 0.110. The second-order valence-electron chi connectivity index (χ2n) is 5.19. The van der Waals surface area contributed by atoms with Gasteiger partial charge in [0.25, 0.3) is 0 Å². The molecule has 2 aromatic rings. The Hall–Kier alpha value is -2.13. The molecule has 0 aromatic heterocycles. The quantitative estimate of drug-likeness (QED) is 0.885. The second kappa shape index (κ2) is 7.60. The van der Waals surface area contributed by atoms with Gasteiger partial charge in [-0.3, -0.25) is 4.79 Å². The van der Waals surface area contributed by atoms with Gasteiger partial charge in [-0.1, -0.05) is 48.0 Å². The Morgan fingerprint density at radius 3 is 2.33 bits per heavy atom. The summed E-state index contributed by atoms with van der Waals surface area (Å²) in [6.07, 6.45) is 1.22. The van der Waals surface area contributed by atoms with Crippen LogP contribution in [-0.2, 0) is 11.2 Å². The Morgan fingerprint density at radius 2 is 1.71 bits per heavy atom. The van der Waals surface area contributed by atoms with Crippen molar-refractivity contribution in [3.8, 4) is 0 Å². The van der Waals surface area contributed by atoms with Gasteiger partial charge in [-0.05, 0) is 37.6 Å². The van der Waals surface area contributed by atoms with E-state index < -0.39 is 0 Å². The number of carbonyl (C=O) groups is 1. The van der Waals surface area contributed by atoms with E-state index in [0.717, 1.165) is 17.7 Å². The third kappa shape index (κ3) is 4.43. The van der Waals surface area contributed by atoms with E-state index in [-0.39, 0.29) is 5.91 Å². The fourth-order valence-electron chi connectivity index (χ4n) is 2.23. The summed E-state index contributed by atoms with van der Waals surface area (Å²) in [5.41, 5.74) is 8.76. The van der Waals surface area contributed by atoms with E-state index >= 15 is 0 Å². The summed E-state index contributed by atoms with van der Waals surface area (Å²) >= 11 is 0. The van der Waals surface area contributed by atoms with Crippen LogP contribution in [0.4, 0.5) is 5.69 Å². The van der Waals surface area contributed by atoms with Gasteiger partial charge in [0.2, 0.25) is 5.91 Å². The monoisotopic (exact) mass is 282 g/mol. The van der Waals surface area contributed by atoms with Gasteiger partial charge in [0.15, 0.2) is 0 Å². The number of benzene rings is 2. The Kier molecular flexibility index (Phi) is 5.52. The number of carbonyl (C=O) groups excluding carboxylic acids is 1. The SMILES string of the molecule is Cc1ccc(CC(=O)N(CCCN)c2ccccc2)cc1. The lowest BCUT2D eigenvalue weighted by atomic mass is 10.1. The van der Waals surface area contributed by atoms with Crippen molar-refractivity contribution in [3.63, 3.8) is 0 Å². The predicted molar refractivity (Wildman–Crippen MR) is 87.3 cm³/mol. The molecule has 3 nitrogen and oxygen atoms in total. The number of para-hydroxylation sites is 1. The fourth-order valence-corrected chi connectivity index (χ4v) is 2.23. The first-order valence-electron chi connectivity index (χ1n) is 7.31. The van der Waals surface area contributed by atoms with Crippen LogP contribution in [0.3, 0.4) is 0 Å². The van der Waals surface area contributed by atoms with Crippen molar-refractivity contribution in [2.45, 2.75) is 19.8 Å². The summed E-state index contributed by atoms with van der Waals surface area (Å²) in [4.78, 5) is 14.4. The molecule has 0 fully saturated rings. The fraction of sp³-hybridized carbons (Fsp3) is 0.278. The van der Waals surface area contributed by atoms with Crippen molar-refractivity contribution in [2.24, 2.45) is 5.73 Å². The highest BCUT2D eigenvalue weighted by Crippen LogP contribution is 2.16. The van der Waals surface area contributed by atoms with E-state index in [1.54, 1.807) is 0 Å². The second-order valence-corrected chi connectivity index (χ2v) is 5.19. The van der Waals surface area contributed by atoms with Gasteiger partial charge < -0.3 is 10.6 Å². The minimum atomic E-state index is 0.110. The standard InChI is InChI=1S/C18H22N2O/c1-15-8-10-16(11-9-15)14-18(21)20(13-5-12-19)17-6-3-2-4-7-17/h2-4,6-11H,5,12-14,19H2,1H3. The molecule has 0 saturated carbocycles. The number of aryl methyl sites for hydroxylation is 1. The summed E-state index contributed by atoms with van der Waals surface area (Å²) in [6.45, 7) is 3.29. The van der Waals surface area contributed by atoms with Crippen molar-refractivity contribution in [2.75, 3.05) is 18.0 Å². The van der Waals surface area contributed by atoms with E-state index in [1.165, 1.54) is 5.56 Å². The molecule has 0 saturated heterocycles. The molecule has 0 aliphatic carbocycles. The molecule has 0 heterocycles. The van der Waals surface area contributed by atoms with Gasteiger partial charge in [0, 0.05) is 12.2 Å². The zero-order valence-electron chi connectivity index (χ0n) is 12.5. The number of nitrogens with zero attached hydrogens (tertiary/aromatic N) is 1. The first-order valence-corrected chi connectivity index (χ1v) is 7.31. The van der Waals surface area contributed by atoms with Crippen LogP contribution in [0.15, 0.2) is 54.6 Å². The van der Waals surface area contributed by atoms with E-state index in [1.807, 2.05) is 66.4 Å². The molecule has 110 valence electrons. The van der Waals surface area contributed by atoms with Gasteiger partial charge in [-0.2, -0.15) is 0 Å². The van der Waals surface area contributed by atoms with Gasteiger partial charge in [-0.15, -0.1) is 0 Å². The van der Waals surface area contributed by atoms with Crippen LogP contribution in [-0.4, -0.2) is 19.0 Å². The Morgan fingerprint density at radius 1 is 1.05 bits per heavy atom. The van der Waals surface area contributed by atoms with Crippen LogP contribution in [0.2, 0.25) is 0 Å². The highest BCUT2D eigenvalue weighted by Gasteiger charge is 2.15. The highest BCUT2D eigenvalue weighted by atomic mass is 16.2. The van der Waals surface area contributed by atoms with E-state index in [9.17, 15) is 4.79 Å². The van der Waals surface area contributed by atoms with Crippen molar-refractivity contribution in [3.05, 3.63) is 65.7 Å². The first-order chi connectivity index (χ1) is 10.2. The number of hydrogen-bond acceptors (Lipinski definition) is 2. The topological polar surface area (TPSA) is 46.3 Å². The number of rotatable bonds is 6. The van der Waals surface area contributed by atoms with Crippen molar-refractivity contribution < 1.29 is 4.79 Å². The Labute approximate surface area is 126 Å².